The molecule has 2 rings (SSSR count). The van der Waals surface area contributed by atoms with Gasteiger partial charge in [-0.1, -0.05) is 6.07 Å². The van der Waals surface area contributed by atoms with Crippen LogP contribution in [0.25, 0.3) is 0 Å². The lowest BCUT2D eigenvalue weighted by Gasteiger charge is -2.20. The Morgan fingerprint density at radius 3 is 3.23 bits per heavy atom. The van der Waals surface area contributed by atoms with E-state index in [2.05, 4.69) is 16.0 Å². The summed E-state index contributed by atoms with van der Waals surface area (Å²) in [5.41, 5.74) is 1.23. The van der Waals surface area contributed by atoms with Gasteiger partial charge in [-0.2, -0.15) is 0 Å². The van der Waals surface area contributed by atoms with Crippen molar-refractivity contribution in [2.24, 2.45) is 0 Å². The molecule has 1 aliphatic rings. The number of hydrogen-bond acceptors (Lipinski definition) is 2. The molecule has 0 saturated carbocycles. The van der Waals surface area contributed by atoms with E-state index < -0.39 is 0 Å². The van der Waals surface area contributed by atoms with Gasteiger partial charge in [-0.25, -0.2) is 0 Å². The molecule has 1 aromatic rings. The summed E-state index contributed by atoms with van der Waals surface area (Å²) in [5.74, 6) is 0. The van der Waals surface area contributed by atoms with Gasteiger partial charge < -0.3 is 4.90 Å². The van der Waals surface area contributed by atoms with E-state index in [9.17, 15) is 0 Å². The molecule has 1 atom stereocenters. The van der Waals surface area contributed by atoms with Crippen molar-refractivity contribution in [1.82, 2.24) is 9.88 Å². The van der Waals surface area contributed by atoms with Crippen molar-refractivity contribution in [3.05, 3.63) is 30.1 Å². The summed E-state index contributed by atoms with van der Waals surface area (Å²) in [5, 5.41) is 7.26. The Balaban J connectivity index is 2.21. The van der Waals surface area contributed by atoms with Crippen molar-refractivity contribution >= 4 is 6.34 Å². The first-order chi connectivity index (χ1) is 6.42. The third-order valence-electron chi connectivity index (χ3n) is 2.53. The van der Waals surface area contributed by atoms with E-state index in [-0.39, 0.29) is 0 Å². The highest BCUT2D eigenvalue weighted by molar-refractivity contribution is 5.52. The van der Waals surface area contributed by atoms with E-state index in [1.54, 1.807) is 6.20 Å². The molecule has 13 heavy (non-hydrogen) atoms. The van der Waals surface area contributed by atoms with Crippen LogP contribution < -0.4 is 0 Å². The lowest BCUT2D eigenvalue weighted by atomic mass is 10.1. The molecule has 1 aliphatic heterocycles. The summed E-state index contributed by atoms with van der Waals surface area (Å²) in [6.07, 6.45) is 7.43. The maximum Gasteiger partial charge on any atom is 0.0822 e. The summed E-state index contributed by atoms with van der Waals surface area (Å²) >= 11 is 0. The molecule has 0 bridgehead atoms. The van der Waals surface area contributed by atoms with Crippen LogP contribution in [0.2, 0.25) is 0 Å². The third kappa shape index (κ3) is 1.54. The van der Waals surface area contributed by atoms with Crippen molar-refractivity contribution in [2.45, 2.75) is 18.9 Å². The number of rotatable bonds is 2. The minimum Gasteiger partial charge on any atom is -0.356 e. The van der Waals surface area contributed by atoms with E-state index >= 15 is 0 Å². The molecular formula is C10H13N3. The molecule has 2 heterocycles. The fourth-order valence-electron chi connectivity index (χ4n) is 1.87. The van der Waals surface area contributed by atoms with Gasteiger partial charge in [-0.15, -0.1) is 0 Å². The Labute approximate surface area is 77.9 Å². The van der Waals surface area contributed by atoms with Gasteiger partial charge in [0.25, 0.3) is 0 Å². The molecular weight excluding hydrogens is 162 g/mol. The Morgan fingerprint density at radius 1 is 1.62 bits per heavy atom. The summed E-state index contributed by atoms with van der Waals surface area (Å²) in [6, 6.07) is 4.42. The van der Waals surface area contributed by atoms with Gasteiger partial charge in [0.05, 0.1) is 12.4 Å². The quantitative estimate of drug-likeness (QED) is 0.550. The Kier molecular flexibility index (Phi) is 2.25. The highest BCUT2D eigenvalue weighted by Gasteiger charge is 2.23. The minimum atomic E-state index is 0.381. The minimum absolute atomic E-state index is 0.381. The van der Waals surface area contributed by atoms with E-state index in [0.717, 1.165) is 13.0 Å². The SMILES string of the molecule is N=CN1CCCC1c1cccnc1. The van der Waals surface area contributed by atoms with E-state index in [0.29, 0.717) is 6.04 Å². The fourth-order valence-corrected chi connectivity index (χ4v) is 1.87. The second kappa shape index (κ2) is 3.56. The molecule has 1 aromatic heterocycles. The Bertz CT molecular complexity index is 283. The second-order valence-electron chi connectivity index (χ2n) is 3.31. The van der Waals surface area contributed by atoms with Crippen molar-refractivity contribution in [3.63, 3.8) is 0 Å². The normalized spacial score (nSPS) is 21.8. The van der Waals surface area contributed by atoms with Crippen LogP contribution in [0, 0.1) is 5.41 Å². The van der Waals surface area contributed by atoms with Gasteiger partial charge >= 0.3 is 0 Å². The second-order valence-corrected chi connectivity index (χ2v) is 3.31. The van der Waals surface area contributed by atoms with Crippen LogP contribution in [0.15, 0.2) is 24.5 Å². The molecule has 0 aromatic carbocycles. The standard InChI is InChI=1S/C10H13N3/c11-8-13-6-2-4-10(13)9-3-1-5-12-7-9/h1,3,5,7-8,10-11H,2,4,6H2. The molecule has 1 unspecified atom stereocenters. The number of nitrogens with one attached hydrogen (secondary N) is 1. The smallest absolute Gasteiger partial charge is 0.0822 e. The predicted molar refractivity (Wildman–Crippen MR) is 51.7 cm³/mol. The van der Waals surface area contributed by atoms with Gasteiger partial charge in [0.1, 0.15) is 0 Å². The topological polar surface area (TPSA) is 40.0 Å². The molecule has 68 valence electrons. The van der Waals surface area contributed by atoms with Crippen molar-refractivity contribution in [1.29, 1.82) is 5.41 Å². The number of aromatic nitrogens is 1. The predicted octanol–water partition coefficient (Wildman–Crippen LogP) is 1.83. The maximum absolute atomic E-state index is 7.26. The third-order valence-corrected chi connectivity index (χ3v) is 2.53. The molecule has 0 radical (unpaired) electrons. The molecule has 1 fully saturated rings. The van der Waals surface area contributed by atoms with Crippen LogP contribution in [0.5, 0.6) is 0 Å². The van der Waals surface area contributed by atoms with Crippen LogP contribution in [-0.2, 0) is 0 Å². The molecule has 1 N–H and O–H groups in total. The zero-order valence-corrected chi connectivity index (χ0v) is 7.48. The van der Waals surface area contributed by atoms with Gasteiger partial charge in [0.2, 0.25) is 0 Å². The first-order valence-corrected chi connectivity index (χ1v) is 4.58. The molecule has 0 aliphatic carbocycles. The monoisotopic (exact) mass is 175 g/mol. The first-order valence-electron chi connectivity index (χ1n) is 4.58. The van der Waals surface area contributed by atoms with Crippen LogP contribution in [0.1, 0.15) is 24.4 Å². The zero-order chi connectivity index (χ0) is 9.10. The number of nitrogens with zero attached hydrogens (tertiary/aromatic N) is 2. The summed E-state index contributed by atoms with van der Waals surface area (Å²) in [7, 11) is 0. The number of pyridine rings is 1. The summed E-state index contributed by atoms with van der Waals surface area (Å²) < 4.78 is 0. The molecule has 0 amide bonds. The van der Waals surface area contributed by atoms with E-state index in [4.69, 9.17) is 5.41 Å². The highest BCUT2D eigenvalue weighted by Crippen LogP contribution is 2.29. The van der Waals surface area contributed by atoms with Gasteiger partial charge in [0.15, 0.2) is 0 Å². The van der Waals surface area contributed by atoms with Crippen molar-refractivity contribution in [2.75, 3.05) is 6.54 Å². The largest absolute Gasteiger partial charge is 0.356 e. The molecule has 3 heteroatoms. The van der Waals surface area contributed by atoms with Crippen LogP contribution in [0.3, 0.4) is 0 Å². The summed E-state index contributed by atoms with van der Waals surface area (Å²) in [6.45, 7) is 1.00. The van der Waals surface area contributed by atoms with Gasteiger partial charge in [0, 0.05) is 18.9 Å². The van der Waals surface area contributed by atoms with Gasteiger partial charge in [-0.05, 0) is 24.5 Å². The fraction of sp³-hybridized carbons (Fsp3) is 0.400. The summed E-state index contributed by atoms with van der Waals surface area (Å²) in [4.78, 5) is 6.16. The first kappa shape index (κ1) is 8.23. The van der Waals surface area contributed by atoms with Crippen LogP contribution >= 0.6 is 0 Å². The number of likely N-dealkylation sites (tertiary alicyclic amines) is 1. The molecule has 3 nitrogen and oxygen atoms in total. The molecule has 0 spiro atoms. The number of hydrogen-bond donors (Lipinski definition) is 1. The van der Waals surface area contributed by atoms with E-state index in [1.807, 2.05) is 12.3 Å². The zero-order valence-electron chi connectivity index (χ0n) is 7.48. The Morgan fingerprint density at radius 2 is 2.54 bits per heavy atom. The van der Waals surface area contributed by atoms with Crippen molar-refractivity contribution < 1.29 is 0 Å². The van der Waals surface area contributed by atoms with Crippen LogP contribution in [0.4, 0.5) is 0 Å². The lowest BCUT2D eigenvalue weighted by molar-refractivity contribution is 0.409. The maximum atomic E-state index is 7.26. The highest BCUT2D eigenvalue weighted by atomic mass is 15.2. The van der Waals surface area contributed by atoms with E-state index in [1.165, 1.54) is 18.3 Å². The average Bonchev–Trinajstić information content (AvgIpc) is 2.67. The molecule has 1 saturated heterocycles. The van der Waals surface area contributed by atoms with Crippen LogP contribution in [-0.4, -0.2) is 22.8 Å². The van der Waals surface area contributed by atoms with Gasteiger partial charge in [-0.3, -0.25) is 10.4 Å². The van der Waals surface area contributed by atoms with Crippen molar-refractivity contribution in [3.8, 4) is 0 Å². The average molecular weight is 175 g/mol. The Hall–Kier alpha value is -1.38. The lowest BCUT2D eigenvalue weighted by Crippen LogP contribution is -2.20.